The lowest BCUT2D eigenvalue weighted by molar-refractivity contribution is -0.143. The number of anilines is 1. The Morgan fingerprint density at radius 3 is 2.05 bits per heavy atom. The van der Waals surface area contributed by atoms with Crippen LogP contribution in [0.2, 0.25) is 0 Å². The van der Waals surface area contributed by atoms with Gasteiger partial charge in [-0.05, 0) is 30.5 Å². The van der Waals surface area contributed by atoms with Crippen LogP contribution in [0.3, 0.4) is 0 Å². The molecule has 0 radical (unpaired) electrons. The number of imide groups is 1. The standard InChI is InChI=1S/C14H16N2O3/c1-15-12(17)8-16(9-13(15)18)11-4-2-10(3-5-11)14(19)6-7-14/h2-5,19H,6-9H2,1H3. The van der Waals surface area contributed by atoms with E-state index in [0.29, 0.717) is 0 Å². The third-order valence-electron chi connectivity index (χ3n) is 3.89. The summed E-state index contributed by atoms with van der Waals surface area (Å²) in [7, 11) is 1.51. The van der Waals surface area contributed by atoms with Crippen LogP contribution >= 0.6 is 0 Å². The van der Waals surface area contributed by atoms with Crippen LogP contribution in [0.1, 0.15) is 18.4 Å². The molecule has 5 nitrogen and oxygen atoms in total. The fourth-order valence-electron chi connectivity index (χ4n) is 2.31. The van der Waals surface area contributed by atoms with Gasteiger partial charge in [0.15, 0.2) is 0 Å². The van der Waals surface area contributed by atoms with E-state index in [2.05, 4.69) is 0 Å². The van der Waals surface area contributed by atoms with Gasteiger partial charge in [0.2, 0.25) is 11.8 Å². The summed E-state index contributed by atoms with van der Waals surface area (Å²) < 4.78 is 0. The first-order valence-corrected chi connectivity index (χ1v) is 6.37. The van der Waals surface area contributed by atoms with Gasteiger partial charge in [-0.2, -0.15) is 0 Å². The second-order valence-corrected chi connectivity index (χ2v) is 5.28. The van der Waals surface area contributed by atoms with E-state index in [-0.39, 0.29) is 24.9 Å². The molecule has 1 N–H and O–H groups in total. The molecule has 1 aliphatic carbocycles. The minimum atomic E-state index is -0.647. The molecule has 0 aromatic heterocycles. The number of hydrogen-bond acceptors (Lipinski definition) is 4. The molecule has 3 rings (SSSR count). The van der Waals surface area contributed by atoms with Crippen molar-refractivity contribution >= 4 is 17.5 Å². The second-order valence-electron chi connectivity index (χ2n) is 5.28. The fourth-order valence-corrected chi connectivity index (χ4v) is 2.31. The molecular weight excluding hydrogens is 244 g/mol. The van der Waals surface area contributed by atoms with Gasteiger partial charge in [-0.25, -0.2) is 0 Å². The molecule has 2 aliphatic rings. The summed E-state index contributed by atoms with van der Waals surface area (Å²) in [6, 6.07) is 7.46. The molecule has 1 heterocycles. The Hall–Kier alpha value is -1.88. The van der Waals surface area contributed by atoms with Crippen molar-refractivity contribution in [3.63, 3.8) is 0 Å². The average Bonchev–Trinajstić information content (AvgIpc) is 3.15. The van der Waals surface area contributed by atoms with Crippen molar-refractivity contribution in [3.05, 3.63) is 29.8 Å². The zero-order chi connectivity index (χ0) is 13.6. The molecular formula is C14H16N2O3. The molecule has 1 aromatic carbocycles. The molecule has 0 bridgehead atoms. The zero-order valence-corrected chi connectivity index (χ0v) is 10.8. The molecule has 100 valence electrons. The van der Waals surface area contributed by atoms with Crippen molar-refractivity contribution in [2.75, 3.05) is 25.0 Å². The Morgan fingerprint density at radius 1 is 1.05 bits per heavy atom. The lowest BCUT2D eigenvalue weighted by atomic mass is 10.1. The molecule has 1 aromatic rings. The largest absolute Gasteiger partial charge is 0.385 e. The summed E-state index contributed by atoms with van der Waals surface area (Å²) in [6.07, 6.45) is 1.61. The summed E-state index contributed by atoms with van der Waals surface area (Å²) in [5, 5.41) is 9.99. The summed E-state index contributed by atoms with van der Waals surface area (Å²) in [6.45, 7) is 0.428. The number of amides is 2. The third kappa shape index (κ3) is 2.10. The smallest absolute Gasteiger partial charge is 0.248 e. The van der Waals surface area contributed by atoms with Crippen LogP contribution in [-0.2, 0) is 15.2 Å². The lowest BCUT2D eigenvalue weighted by Gasteiger charge is -2.32. The molecule has 1 aliphatic heterocycles. The second kappa shape index (κ2) is 4.06. The van der Waals surface area contributed by atoms with Gasteiger partial charge in [0, 0.05) is 12.7 Å². The quantitative estimate of drug-likeness (QED) is 0.785. The minimum absolute atomic E-state index is 0.193. The number of aliphatic hydroxyl groups is 1. The summed E-state index contributed by atoms with van der Waals surface area (Å²) in [4.78, 5) is 26.2. The van der Waals surface area contributed by atoms with E-state index in [1.807, 2.05) is 24.3 Å². The van der Waals surface area contributed by atoms with Gasteiger partial charge in [-0.3, -0.25) is 14.5 Å². The van der Waals surface area contributed by atoms with Gasteiger partial charge in [-0.15, -0.1) is 0 Å². The van der Waals surface area contributed by atoms with Crippen LogP contribution in [-0.4, -0.2) is 42.0 Å². The molecule has 2 amide bonds. The van der Waals surface area contributed by atoms with E-state index in [0.717, 1.165) is 29.0 Å². The van der Waals surface area contributed by atoms with Crippen molar-refractivity contribution in [2.45, 2.75) is 18.4 Å². The number of hydrogen-bond donors (Lipinski definition) is 1. The van der Waals surface area contributed by atoms with Crippen molar-refractivity contribution in [1.82, 2.24) is 4.90 Å². The number of nitrogens with zero attached hydrogens (tertiary/aromatic N) is 2. The molecule has 5 heteroatoms. The van der Waals surface area contributed by atoms with Crippen LogP contribution < -0.4 is 4.90 Å². The van der Waals surface area contributed by atoms with Crippen molar-refractivity contribution in [1.29, 1.82) is 0 Å². The number of likely N-dealkylation sites (N-methyl/N-ethyl adjacent to an activating group) is 1. The van der Waals surface area contributed by atoms with Gasteiger partial charge >= 0.3 is 0 Å². The number of carbonyl (C=O) groups excluding carboxylic acids is 2. The molecule has 0 atom stereocenters. The highest BCUT2D eigenvalue weighted by molar-refractivity contribution is 6.02. The SMILES string of the molecule is CN1C(=O)CN(c2ccc(C3(O)CC3)cc2)CC1=O. The summed E-state index contributed by atoms with van der Waals surface area (Å²) in [5.74, 6) is -0.387. The van der Waals surface area contributed by atoms with Crippen LogP contribution in [0.4, 0.5) is 5.69 Å². The monoisotopic (exact) mass is 260 g/mol. The van der Waals surface area contributed by atoms with Crippen molar-refractivity contribution in [3.8, 4) is 0 Å². The first-order chi connectivity index (χ1) is 8.99. The first-order valence-electron chi connectivity index (χ1n) is 6.37. The van der Waals surface area contributed by atoms with Crippen molar-refractivity contribution in [2.24, 2.45) is 0 Å². The average molecular weight is 260 g/mol. The summed E-state index contributed by atoms with van der Waals surface area (Å²) in [5.41, 5.74) is 1.09. The van der Waals surface area contributed by atoms with E-state index in [9.17, 15) is 14.7 Å². The van der Waals surface area contributed by atoms with Gasteiger partial charge in [0.25, 0.3) is 0 Å². The highest BCUT2D eigenvalue weighted by Crippen LogP contribution is 2.45. The molecule has 0 unspecified atom stereocenters. The number of carbonyl (C=O) groups is 2. The van der Waals surface area contributed by atoms with E-state index in [1.54, 1.807) is 4.90 Å². The number of rotatable bonds is 2. The van der Waals surface area contributed by atoms with Crippen LogP contribution in [0.15, 0.2) is 24.3 Å². The lowest BCUT2D eigenvalue weighted by Crippen LogP contribution is -2.52. The Balaban J connectivity index is 1.79. The van der Waals surface area contributed by atoms with Crippen LogP contribution in [0, 0.1) is 0 Å². The van der Waals surface area contributed by atoms with Gasteiger partial charge in [-0.1, -0.05) is 12.1 Å². The molecule has 0 spiro atoms. The normalized spacial score (nSPS) is 21.8. The topological polar surface area (TPSA) is 60.9 Å². The van der Waals surface area contributed by atoms with Gasteiger partial charge in [0.1, 0.15) is 0 Å². The van der Waals surface area contributed by atoms with E-state index in [1.165, 1.54) is 7.05 Å². The Morgan fingerprint density at radius 2 is 1.58 bits per heavy atom. The van der Waals surface area contributed by atoms with E-state index >= 15 is 0 Å². The fraction of sp³-hybridized carbons (Fsp3) is 0.429. The maximum absolute atomic E-state index is 11.6. The molecule has 19 heavy (non-hydrogen) atoms. The third-order valence-corrected chi connectivity index (χ3v) is 3.89. The number of benzene rings is 1. The highest BCUT2D eigenvalue weighted by Gasteiger charge is 2.42. The van der Waals surface area contributed by atoms with E-state index in [4.69, 9.17) is 0 Å². The molecule has 1 saturated carbocycles. The van der Waals surface area contributed by atoms with Crippen LogP contribution in [0.5, 0.6) is 0 Å². The van der Waals surface area contributed by atoms with Gasteiger partial charge in [0.05, 0.1) is 18.7 Å². The summed E-state index contributed by atoms with van der Waals surface area (Å²) >= 11 is 0. The zero-order valence-electron chi connectivity index (χ0n) is 10.8. The first kappa shape index (κ1) is 12.2. The maximum Gasteiger partial charge on any atom is 0.248 e. The predicted molar refractivity (Wildman–Crippen MR) is 69.6 cm³/mol. The van der Waals surface area contributed by atoms with E-state index < -0.39 is 5.60 Å². The van der Waals surface area contributed by atoms with Crippen LogP contribution in [0.25, 0.3) is 0 Å². The minimum Gasteiger partial charge on any atom is -0.385 e. The predicted octanol–water partition coefficient (Wildman–Crippen LogP) is 0.473. The Bertz CT molecular complexity index is 516. The molecule has 2 fully saturated rings. The Kier molecular flexibility index (Phi) is 2.60. The molecule has 1 saturated heterocycles. The van der Waals surface area contributed by atoms with Crippen molar-refractivity contribution < 1.29 is 14.7 Å². The highest BCUT2D eigenvalue weighted by atomic mass is 16.3. The maximum atomic E-state index is 11.6. The number of piperazine rings is 1. The Labute approximate surface area is 111 Å². The van der Waals surface area contributed by atoms with Gasteiger partial charge < -0.3 is 10.0 Å².